The minimum absolute atomic E-state index is 0.0580. The van der Waals surface area contributed by atoms with Crippen molar-refractivity contribution in [1.29, 1.82) is 0 Å². The maximum Gasteiger partial charge on any atom is 0.337 e. The van der Waals surface area contributed by atoms with E-state index in [9.17, 15) is 9.59 Å². The number of nitrogens with zero attached hydrogens (tertiary/aromatic N) is 1. The van der Waals surface area contributed by atoms with Crippen molar-refractivity contribution < 1.29 is 14.7 Å². The molecule has 0 saturated carbocycles. The molecule has 1 aromatic rings. The molecule has 1 amide bonds. The Morgan fingerprint density at radius 2 is 2.25 bits per heavy atom. The highest BCUT2D eigenvalue weighted by molar-refractivity contribution is 5.93. The Kier molecular flexibility index (Phi) is 4.20. The number of carbonyl (C=O) groups excluding carboxylic acids is 1. The highest BCUT2D eigenvalue weighted by atomic mass is 16.4. The summed E-state index contributed by atoms with van der Waals surface area (Å²) in [5, 5.41) is 11.3. The van der Waals surface area contributed by atoms with E-state index in [1.165, 1.54) is 12.1 Å². The van der Waals surface area contributed by atoms with Gasteiger partial charge >= 0.3 is 5.97 Å². The van der Waals surface area contributed by atoms with Crippen molar-refractivity contribution in [1.82, 2.24) is 10.3 Å². The second-order valence-electron chi connectivity index (χ2n) is 3.07. The number of carboxylic acid groups (broad SMARTS) is 1. The fraction of sp³-hybridized carbons (Fsp3) is 0.182. The first kappa shape index (κ1) is 11.9. The van der Waals surface area contributed by atoms with Gasteiger partial charge in [0, 0.05) is 12.7 Å². The number of hydrogen-bond acceptors (Lipinski definition) is 3. The van der Waals surface area contributed by atoms with Crippen LogP contribution >= 0.6 is 0 Å². The number of carboxylic acids is 1. The monoisotopic (exact) mass is 220 g/mol. The zero-order valence-corrected chi connectivity index (χ0v) is 8.64. The fourth-order valence-electron chi connectivity index (χ4n) is 1.03. The lowest BCUT2D eigenvalue weighted by Crippen LogP contribution is -2.25. The van der Waals surface area contributed by atoms with Crippen molar-refractivity contribution in [3.05, 3.63) is 42.2 Å². The summed E-state index contributed by atoms with van der Waals surface area (Å²) in [6.45, 7) is 4.02. The summed E-state index contributed by atoms with van der Waals surface area (Å²) < 4.78 is 0. The van der Waals surface area contributed by atoms with Gasteiger partial charge in [-0.05, 0) is 18.6 Å². The standard InChI is InChI=1S/C11H12N2O3/c1-2-3-6-12-10(14)9-5-4-8(7-13-9)11(15)16/h2,4-5,7H,1,3,6H2,(H,12,14)(H,15,16). The molecule has 16 heavy (non-hydrogen) atoms. The molecule has 1 rings (SSSR count). The number of hydrogen-bond donors (Lipinski definition) is 2. The minimum atomic E-state index is -1.06. The average molecular weight is 220 g/mol. The summed E-state index contributed by atoms with van der Waals surface area (Å²) in [7, 11) is 0. The normalized spacial score (nSPS) is 9.50. The zero-order valence-electron chi connectivity index (χ0n) is 8.64. The highest BCUT2D eigenvalue weighted by Crippen LogP contribution is 2.00. The summed E-state index contributed by atoms with van der Waals surface area (Å²) in [5.74, 6) is -1.38. The molecule has 0 bridgehead atoms. The highest BCUT2D eigenvalue weighted by Gasteiger charge is 2.08. The van der Waals surface area contributed by atoms with Gasteiger partial charge in [-0.15, -0.1) is 6.58 Å². The molecule has 0 atom stereocenters. The van der Waals surface area contributed by atoms with Crippen LogP contribution in [0.4, 0.5) is 0 Å². The number of aromatic nitrogens is 1. The van der Waals surface area contributed by atoms with E-state index in [0.29, 0.717) is 13.0 Å². The van der Waals surface area contributed by atoms with Gasteiger partial charge in [-0.1, -0.05) is 6.08 Å². The first-order valence-corrected chi connectivity index (χ1v) is 4.73. The van der Waals surface area contributed by atoms with Crippen LogP contribution in [0.5, 0.6) is 0 Å². The van der Waals surface area contributed by atoms with Gasteiger partial charge in [-0.2, -0.15) is 0 Å². The van der Waals surface area contributed by atoms with Crippen molar-refractivity contribution in [2.24, 2.45) is 0 Å². The molecule has 0 fully saturated rings. The molecule has 0 radical (unpaired) electrons. The molecule has 84 valence electrons. The fourth-order valence-corrected chi connectivity index (χ4v) is 1.03. The number of aromatic carboxylic acids is 1. The van der Waals surface area contributed by atoms with Gasteiger partial charge in [0.05, 0.1) is 5.56 Å². The number of carbonyl (C=O) groups is 2. The summed E-state index contributed by atoms with van der Waals surface area (Å²) >= 11 is 0. The molecule has 1 aromatic heterocycles. The number of amides is 1. The summed E-state index contributed by atoms with van der Waals surface area (Å²) in [6.07, 6.45) is 3.53. The second-order valence-corrected chi connectivity index (χ2v) is 3.07. The first-order chi connectivity index (χ1) is 7.65. The maximum absolute atomic E-state index is 11.4. The quantitative estimate of drug-likeness (QED) is 0.575. The predicted molar refractivity (Wildman–Crippen MR) is 58.3 cm³/mol. The van der Waals surface area contributed by atoms with E-state index in [1.807, 2.05) is 0 Å². The van der Waals surface area contributed by atoms with Crippen LogP contribution in [-0.4, -0.2) is 28.5 Å². The van der Waals surface area contributed by atoms with Crippen molar-refractivity contribution >= 4 is 11.9 Å². The van der Waals surface area contributed by atoms with E-state index in [4.69, 9.17) is 5.11 Å². The maximum atomic E-state index is 11.4. The van der Waals surface area contributed by atoms with Gasteiger partial charge in [-0.3, -0.25) is 9.78 Å². The molecule has 2 N–H and O–H groups in total. The lowest BCUT2D eigenvalue weighted by Gasteiger charge is -2.02. The van der Waals surface area contributed by atoms with E-state index in [2.05, 4.69) is 16.9 Å². The third-order valence-corrected chi connectivity index (χ3v) is 1.88. The molecule has 0 aliphatic heterocycles. The lowest BCUT2D eigenvalue weighted by atomic mass is 10.2. The van der Waals surface area contributed by atoms with Crippen molar-refractivity contribution in [3.8, 4) is 0 Å². The zero-order chi connectivity index (χ0) is 12.0. The van der Waals surface area contributed by atoms with Gasteiger partial charge in [-0.25, -0.2) is 4.79 Å². The van der Waals surface area contributed by atoms with E-state index < -0.39 is 5.97 Å². The van der Waals surface area contributed by atoms with Gasteiger partial charge < -0.3 is 10.4 Å². The first-order valence-electron chi connectivity index (χ1n) is 4.73. The topological polar surface area (TPSA) is 79.3 Å². The third-order valence-electron chi connectivity index (χ3n) is 1.88. The Bertz CT molecular complexity index is 398. The second kappa shape index (κ2) is 5.65. The molecule has 5 nitrogen and oxygen atoms in total. The molecule has 0 unspecified atom stereocenters. The van der Waals surface area contributed by atoms with E-state index >= 15 is 0 Å². The van der Waals surface area contributed by atoms with E-state index in [-0.39, 0.29) is 17.2 Å². The predicted octanol–water partition coefficient (Wildman–Crippen LogP) is 1.09. The Balaban J connectivity index is 2.63. The largest absolute Gasteiger partial charge is 0.478 e. The van der Waals surface area contributed by atoms with Crippen LogP contribution in [0.3, 0.4) is 0 Å². The molecular weight excluding hydrogens is 208 g/mol. The van der Waals surface area contributed by atoms with Crippen molar-refractivity contribution in [2.45, 2.75) is 6.42 Å². The van der Waals surface area contributed by atoms with Crippen LogP contribution in [0, 0.1) is 0 Å². The lowest BCUT2D eigenvalue weighted by molar-refractivity contribution is 0.0695. The molecule has 0 saturated heterocycles. The van der Waals surface area contributed by atoms with Crippen LogP contribution < -0.4 is 5.32 Å². The summed E-state index contributed by atoms with van der Waals surface area (Å²) in [5.41, 5.74) is 0.261. The molecule has 0 spiro atoms. The van der Waals surface area contributed by atoms with Crippen LogP contribution in [0.25, 0.3) is 0 Å². The van der Waals surface area contributed by atoms with Crippen LogP contribution in [0.2, 0.25) is 0 Å². The average Bonchev–Trinajstić information content (AvgIpc) is 2.29. The summed E-state index contributed by atoms with van der Waals surface area (Å²) in [4.78, 5) is 25.7. The van der Waals surface area contributed by atoms with Crippen LogP contribution in [0.1, 0.15) is 27.3 Å². The third kappa shape index (κ3) is 3.20. The smallest absolute Gasteiger partial charge is 0.337 e. The Morgan fingerprint density at radius 3 is 2.75 bits per heavy atom. The van der Waals surface area contributed by atoms with Crippen molar-refractivity contribution in [3.63, 3.8) is 0 Å². The number of pyridine rings is 1. The Morgan fingerprint density at radius 1 is 1.50 bits per heavy atom. The van der Waals surface area contributed by atoms with Gasteiger partial charge in [0.2, 0.25) is 0 Å². The number of nitrogens with one attached hydrogen (secondary N) is 1. The van der Waals surface area contributed by atoms with Crippen LogP contribution in [-0.2, 0) is 0 Å². The van der Waals surface area contributed by atoms with Gasteiger partial charge in [0.15, 0.2) is 0 Å². The summed E-state index contributed by atoms with van der Waals surface area (Å²) in [6, 6.07) is 2.73. The molecule has 0 aliphatic rings. The molecular formula is C11H12N2O3. The SMILES string of the molecule is C=CCCNC(=O)c1ccc(C(=O)O)cn1. The van der Waals surface area contributed by atoms with Crippen molar-refractivity contribution in [2.75, 3.05) is 6.54 Å². The van der Waals surface area contributed by atoms with Gasteiger partial charge in [0.1, 0.15) is 5.69 Å². The van der Waals surface area contributed by atoms with Gasteiger partial charge in [0.25, 0.3) is 5.91 Å². The molecule has 1 heterocycles. The number of rotatable bonds is 5. The van der Waals surface area contributed by atoms with E-state index in [0.717, 1.165) is 6.20 Å². The Labute approximate surface area is 92.8 Å². The molecule has 5 heteroatoms. The molecule has 0 aromatic carbocycles. The minimum Gasteiger partial charge on any atom is -0.478 e. The van der Waals surface area contributed by atoms with Crippen LogP contribution in [0.15, 0.2) is 31.0 Å². The Hall–Kier alpha value is -2.17. The molecule has 0 aliphatic carbocycles. The van der Waals surface area contributed by atoms with E-state index in [1.54, 1.807) is 6.08 Å².